The van der Waals surface area contributed by atoms with Crippen LogP contribution in [0.5, 0.6) is 11.7 Å². The van der Waals surface area contributed by atoms with Crippen molar-refractivity contribution in [3.63, 3.8) is 0 Å². The van der Waals surface area contributed by atoms with Gasteiger partial charge in [0.2, 0.25) is 0 Å². The van der Waals surface area contributed by atoms with Crippen LogP contribution in [0.15, 0.2) is 39.9 Å². The van der Waals surface area contributed by atoms with Crippen molar-refractivity contribution < 1.29 is 17.7 Å². The second-order valence-corrected chi connectivity index (χ2v) is 3.49. The van der Waals surface area contributed by atoms with Gasteiger partial charge in [0.15, 0.2) is 10.7 Å². The van der Waals surface area contributed by atoms with E-state index in [-0.39, 0.29) is 11.0 Å². The summed E-state index contributed by atoms with van der Waals surface area (Å²) in [6.07, 6.45) is 0. The average molecular weight is 226 g/mol. The minimum Gasteiger partial charge on any atom is -0.422 e. The molecule has 0 spiro atoms. The minimum atomic E-state index is -2.87. The maximum absolute atomic E-state index is 10.7. The first-order chi connectivity index (χ1) is 7.27. The molecular weight excluding hydrogens is 220 g/mol. The molecule has 0 fully saturated rings. The number of rotatable bonds is 3. The summed E-state index contributed by atoms with van der Waals surface area (Å²) in [4.78, 5) is 0. The monoisotopic (exact) mass is 226 g/mol. The molecule has 0 aliphatic rings. The number of ether oxygens (including phenoxy) is 1. The molecule has 0 aliphatic carbocycles. The van der Waals surface area contributed by atoms with Crippen LogP contribution in [0.1, 0.15) is 0 Å². The molecule has 2 aromatic rings. The van der Waals surface area contributed by atoms with E-state index in [1.807, 2.05) is 0 Å². The quantitative estimate of drug-likeness (QED) is 0.780. The molecular formula is C8H6N2O4S. The van der Waals surface area contributed by atoms with Gasteiger partial charge in [-0.25, -0.2) is 8.42 Å². The van der Waals surface area contributed by atoms with Crippen LogP contribution in [0.3, 0.4) is 0 Å². The van der Waals surface area contributed by atoms with Gasteiger partial charge in [0.25, 0.3) is 5.03 Å². The SMILES string of the molecule is O=[SH](=O)c1nnoc1Oc1ccccc1. The number of aromatic nitrogens is 2. The van der Waals surface area contributed by atoms with E-state index in [1.54, 1.807) is 30.3 Å². The number of nitrogens with zero attached hydrogens (tertiary/aromatic N) is 2. The number of benzene rings is 1. The highest BCUT2D eigenvalue weighted by Gasteiger charge is 2.14. The third kappa shape index (κ3) is 2.13. The lowest BCUT2D eigenvalue weighted by atomic mass is 10.3. The molecule has 2 rings (SSSR count). The molecule has 0 amide bonds. The first-order valence-corrected chi connectivity index (χ1v) is 5.15. The van der Waals surface area contributed by atoms with E-state index in [0.717, 1.165) is 0 Å². The molecule has 0 bridgehead atoms. The van der Waals surface area contributed by atoms with Gasteiger partial charge in [-0.2, -0.15) is 0 Å². The van der Waals surface area contributed by atoms with Crippen molar-refractivity contribution in [2.75, 3.05) is 0 Å². The van der Waals surface area contributed by atoms with Crippen LogP contribution >= 0.6 is 0 Å². The molecule has 0 unspecified atom stereocenters. The summed E-state index contributed by atoms with van der Waals surface area (Å²) in [5.74, 6) is 0.228. The molecule has 0 N–H and O–H groups in total. The lowest BCUT2D eigenvalue weighted by Gasteiger charge is -1.98. The molecule has 1 aromatic heterocycles. The van der Waals surface area contributed by atoms with Crippen molar-refractivity contribution in [1.29, 1.82) is 0 Å². The van der Waals surface area contributed by atoms with E-state index < -0.39 is 10.7 Å². The van der Waals surface area contributed by atoms with Crippen molar-refractivity contribution >= 4 is 10.7 Å². The summed E-state index contributed by atoms with van der Waals surface area (Å²) in [7, 11) is -2.87. The van der Waals surface area contributed by atoms with Gasteiger partial charge < -0.3 is 4.74 Å². The van der Waals surface area contributed by atoms with Crippen LogP contribution in [-0.4, -0.2) is 18.8 Å². The average Bonchev–Trinajstić information content (AvgIpc) is 2.67. The van der Waals surface area contributed by atoms with Crippen LogP contribution in [0.4, 0.5) is 0 Å². The Morgan fingerprint density at radius 1 is 1.20 bits per heavy atom. The molecule has 0 saturated heterocycles. The van der Waals surface area contributed by atoms with Crippen LogP contribution in [0.2, 0.25) is 0 Å². The largest absolute Gasteiger partial charge is 0.422 e. The zero-order valence-corrected chi connectivity index (χ0v) is 8.26. The van der Waals surface area contributed by atoms with Gasteiger partial charge in [0.05, 0.1) is 0 Å². The Bertz CT molecular complexity index is 512. The van der Waals surface area contributed by atoms with Crippen molar-refractivity contribution in [2.45, 2.75) is 5.03 Å². The smallest absolute Gasteiger partial charge is 0.356 e. The molecule has 0 atom stereocenters. The van der Waals surface area contributed by atoms with Gasteiger partial charge >= 0.3 is 5.95 Å². The van der Waals surface area contributed by atoms with Crippen molar-refractivity contribution in [1.82, 2.24) is 10.4 Å². The van der Waals surface area contributed by atoms with E-state index in [9.17, 15) is 8.42 Å². The van der Waals surface area contributed by atoms with Crippen LogP contribution in [0.25, 0.3) is 0 Å². The summed E-state index contributed by atoms with van der Waals surface area (Å²) >= 11 is 0. The second kappa shape index (κ2) is 4.09. The molecule has 1 heterocycles. The van der Waals surface area contributed by atoms with Crippen molar-refractivity contribution in [3.05, 3.63) is 30.3 Å². The first-order valence-electron chi connectivity index (χ1n) is 3.97. The molecule has 0 saturated carbocycles. The number of para-hydroxylation sites is 1. The molecule has 78 valence electrons. The summed E-state index contributed by atoms with van der Waals surface area (Å²) in [5, 5.41) is 6.07. The standard InChI is InChI=1S/C8H6N2O4S/c11-15(12)7-8(14-10-9-7)13-6-4-2-1-3-5-6/h1-5,15H. The third-order valence-corrected chi connectivity index (χ3v) is 2.19. The van der Waals surface area contributed by atoms with Gasteiger partial charge in [-0.15, -0.1) is 0 Å². The lowest BCUT2D eigenvalue weighted by molar-refractivity contribution is 0.278. The van der Waals surface area contributed by atoms with Crippen molar-refractivity contribution in [2.24, 2.45) is 0 Å². The van der Waals surface area contributed by atoms with Gasteiger partial charge in [-0.3, -0.25) is 4.52 Å². The predicted octanol–water partition coefficient (Wildman–Crippen LogP) is 0.832. The number of hydrogen-bond donors (Lipinski definition) is 1. The van der Waals surface area contributed by atoms with E-state index in [2.05, 4.69) is 14.9 Å². The maximum Gasteiger partial charge on any atom is 0.356 e. The fraction of sp³-hybridized carbons (Fsp3) is 0. The summed E-state index contributed by atoms with van der Waals surface area (Å²) in [6.45, 7) is 0. The van der Waals surface area contributed by atoms with Crippen LogP contribution in [0, 0.1) is 0 Å². The first kappa shape index (κ1) is 9.66. The zero-order chi connectivity index (χ0) is 10.7. The summed E-state index contributed by atoms with van der Waals surface area (Å²) < 4.78 is 31.0. The van der Waals surface area contributed by atoms with Gasteiger partial charge in [-0.1, -0.05) is 23.3 Å². The lowest BCUT2D eigenvalue weighted by Crippen LogP contribution is -1.87. The van der Waals surface area contributed by atoms with E-state index in [4.69, 9.17) is 4.74 Å². The number of hydrogen-bond acceptors (Lipinski definition) is 6. The highest BCUT2D eigenvalue weighted by Crippen LogP contribution is 2.23. The second-order valence-electron chi connectivity index (χ2n) is 2.56. The van der Waals surface area contributed by atoms with Gasteiger partial charge in [-0.05, 0) is 12.1 Å². The summed E-state index contributed by atoms with van der Waals surface area (Å²) in [6, 6.07) is 8.61. The molecule has 1 aromatic carbocycles. The highest BCUT2D eigenvalue weighted by atomic mass is 32.2. The fourth-order valence-corrected chi connectivity index (χ4v) is 1.29. The van der Waals surface area contributed by atoms with E-state index >= 15 is 0 Å². The summed E-state index contributed by atoms with van der Waals surface area (Å²) in [5.41, 5.74) is 0. The minimum absolute atomic E-state index is 0.225. The molecule has 0 aliphatic heterocycles. The number of thiol groups is 1. The molecule has 0 radical (unpaired) electrons. The predicted molar refractivity (Wildman–Crippen MR) is 49.4 cm³/mol. The Morgan fingerprint density at radius 2 is 1.93 bits per heavy atom. The Hall–Kier alpha value is -1.89. The highest BCUT2D eigenvalue weighted by molar-refractivity contribution is 7.72. The molecule has 6 nitrogen and oxygen atoms in total. The normalized spacial score (nSPS) is 10.5. The Kier molecular flexibility index (Phi) is 2.64. The Morgan fingerprint density at radius 3 is 2.60 bits per heavy atom. The van der Waals surface area contributed by atoms with E-state index in [0.29, 0.717) is 5.75 Å². The van der Waals surface area contributed by atoms with E-state index in [1.165, 1.54) is 0 Å². The fourth-order valence-electron chi connectivity index (χ4n) is 0.949. The molecule has 15 heavy (non-hydrogen) atoms. The Labute approximate surface area is 86.4 Å². The molecule has 7 heteroatoms. The topological polar surface area (TPSA) is 82.3 Å². The maximum atomic E-state index is 10.7. The Balaban J connectivity index is 2.29. The van der Waals surface area contributed by atoms with Gasteiger partial charge in [0, 0.05) is 5.27 Å². The zero-order valence-electron chi connectivity index (χ0n) is 7.36. The van der Waals surface area contributed by atoms with Crippen molar-refractivity contribution in [3.8, 4) is 11.7 Å². The third-order valence-electron chi connectivity index (χ3n) is 1.57. The van der Waals surface area contributed by atoms with Crippen LogP contribution in [-0.2, 0) is 10.7 Å². The van der Waals surface area contributed by atoms with Crippen LogP contribution < -0.4 is 4.74 Å². The van der Waals surface area contributed by atoms with Gasteiger partial charge in [0.1, 0.15) is 5.75 Å².